The van der Waals surface area contributed by atoms with Gasteiger partial charge in [0.05, 0.1) is 4.91 Å². The molecule has 96 valence electrons. The first-order valence-corrected chi connectivity index (χ1v) is 7.49. The molecule has 1 aromatic heterocycles. The number of amides is 2. The first-order chi connectivity index (χ1) is 8.52. The number of aryl methyl sites for hydroxylation is 1. The van der Waals surface area contributed by atoms with Gasteiger partial charge in [-0.3, -0.25) is 14.5 Å². The number of thiophene rings is 1. The lowest BCUT2D eigenvalue weighted by molar-refractivity contribution is -0.124. The van der Waals surface area contributed by atoms with Crippen molar-refractivity contribution in [2.75, 3.05) is 0 Å². The van der Waals surface area contributed by atoms with E-state index in [9.17, 15) is 9.59 Å². The molecule has 1 atom stereocenters. The summed E-state index contributed by atoms with van der Waals surface area (Å²) in [7, 11) is 0. The first kappa shape index (κ1) is 13.4. The van der Waals surface area contributed by atoms with Crippen LogP contribution in [0.3, 0.4) is 0 Å². The van der Waals surface area contributed by atoms with Crippen LogP contribution in [0.1, 0.15) is 30.0 Å². The minimum absolute atomic E-state index is 0.0338. The van der Waals surface area contributed by atoms with Crippen molar-refractivity contribution < 1.29 is 9.59 Å². The number of carbonyl (C=O) groups excluding carboxylic acids is 2. The molecule has 3 nitrogen and oxygen atoms in total. The number of thioether (sulfide) groups is 1. The smallest absolute Gasteiger partial charge is 0.268 e. The summed E-state index contributed by atoms with van der Waals surface area (Å²) in [4.78, 5) is 28.1. The highest BCUT2D eigenvalue weighted by Crippen LogP contribution is 2.34. The number of imide groups is 1. The molecule has 0 bridgehead atoms. The molecule has 0 aliphatic carbocycles. The van der Waals surface area contributed by atoms with E-state index in [0.717, 1.165) is 23.1 Å². The summed E-state index contributed by atoms with van der Waals surface area (Å²) >= 11 is 2.66. The summed E-state index contributed by atoms with van der Waals surface area (Å²) in [6, 6.07) is 3.94. The predicted molar refractivity (Wildman–Crippen MR) is 76.6 cm³/mol. The van der Waals surface area contributed by atoms with Crippen LogP contribution in [0.4, 0.5) is 4.79 Å². The molecule has 0 spiro atoms. The zero-order chi connectivity index (χ0) is 13.3. The average Bonchev–Trinajstić information content (AvgIpc) is 2.84. The summed E-state index contributed by atoms with van der Waals surface area (Å²) in [5.41, 5.74) is 0. The van der Waals surface area contributed by atoms with Crippen LogP contribution >= 0.6 is 23.1 Å². The third-order valence-corrected chi connectivity index (χ3v) is 4.72. The standard InChI is InChI=1S/C13H15NO2S2/c1-4-8(2)14-12(15)11(18-13(14)16)7-10-6-5-9(3)17-10/h5-8H,4H2,1-3H3/b11-7-/t8-/m1/s1. The summed E-state index contributed by atoms with van der Waals surface area (Å²) < 4.78 is 0. The van der Waals surface area contributed by atoms with Crippen molar-refractivity contribution in [3.63, 3.8) is 0 Å². The number of hydrogen-bond acceptors (Lipinski definition) is 4. The van der Waals surface area contributed by atoms with Gasteiger partial charge in [-0.25, -0.2) is 0 Å². The van der Waals surface area contributed by atoms with Gasteiger partial charge in [0.25, 0.3) is 11.1 Å². The Balaban J connectivity index is 2.25. The summed E-state index contributed by atoms with van der Waals surface area (Å²) in [6.07, 6.45) is 2.59. The van der Waals surface area contributed by atoms with Gasteiger partial charge in [0, 0.05) is 15.8 Å². The molecule has 1 saturated heterocycles. The molecule has 1 aliphatic rings. The van der Waals surface area contributed by atoms with Crippen molar-refractivity contribution in [3.05, 3.63) is 26.8 Å². The molecule has 2 heterocycles. The Labute approximate surface area is 115 Å². The zero-order valence-corrected chi connectivity index (χ0v) is 12.2. The van der Waals surface area contributed by atoms with E-state index in [4.69, 9.17) is 0 Å². The van der Waals surface area contributed by atoms with Crippen LogP contribution < -0.4 is 0 Å². The average molecular weight is 281 g/mol. The van der Waals surface area contributed by atoms with E-state index in [1.165, 1.54) is 9.78 Å². The maximum absolute atomic E-state index is 12.1. The van der Waals surface area contributed by atoms with E-state index in [1.54, 1.807) is 11.3 Å². The normalized spacial score (nSPS) is 19.9. The molecule has 18 heavy (non-hydrogen) atoms. The number of carbonyl (C=O) groups is 2. The van der Waals surface area contributed by atoms with Gasteiger partial charge in [-0.2, -0.15) is 0 Å². The second-order valence-corrected chi connectivity index (χ2v) is 6.57. The quantitative estimate of drug-likeness (QED) is 0.789. The van der Waals surface area contributed by atoms with Crippen molar-refractivity contribution in [1.82, 2.24) is 4.90 Å². The van der Waals surface area contributed by atoms with Gasteiger partial charge in [-0.1, -0.05) is 6.92 Å². The lowest BCUT2D eigenvalue weighted by atomic mass is 10.2. The van der Waals surface area contributed by atoms with E-state index >= 15 is 0 Å². The molecule has 1 aliphatic heterocycles. The second kappa shape index (κ2) is 5.28. The Hall–Kier alpha value is -1.07. The largest absolute Gasteiger partial charge is 0.293 e. The Kier molecular flexibility index (Phi) is 3.92. The summed E-state index contributed by atoms with van der Waals surface area (Å²) in [5.74, 6) is -0.162. The maximum Gasteiger partial charge on any atom is 0.293 e. The van der Waals surface area contributed by atoms with Crippen LogP contribution in [0.2, 0.25) is 0 Å². The lowest BCUT2D eigenvalue weighted by Crippen LogP contribution is -2.36. The second-order valence-electron chi connectivity index (χ2n) is 4.26. The van der Waals surface area contributed by atoms with Gasteiger partial charge in [0.2, 0.25) is 0 Å². The van der Waals surface area contributed by atoms with Crippen molar-refractivity contribution in [1.29, 1.82) is 0 Å². The van der Waals surface area contributed by atoms with Gasteiger partial charge >= 0.3 is 0 Å². The third-order valence-electron chi connectivity index (χ3n) is 2.89. The minimum Gasteiger partial charge on any atom is -0.268 e. The topological polar surface area (TPSA) is 37.4 Å². The van der Waals surface area contributed by atoms with E-state index in [0.29, 0.717) is 4.91 Å². The molecule has 0 aromatic carbocycles. The fraction of sp³-hybridized carbons (Fsp3) is 0.385. The van der Waals surface area contributed by atoms with Gasteiger partial charge in [0.1, 0.15) is 0 Å². The van der Waals surface area contributed by atoms with E-state index < -0.39 is 0 Å². The number of rotatable bonds is 3. The number of hydrogen-bond donors (Lipinski definition) is 0. The summed E-state index contributed by atoms with van der Waals surface area (Å²) in [6.45, 7) is 5.89. The highest BCUT2D eigenvalue weighted by atomic mass is 32.2. The molecule has 0 unspecified atom stereocenters. The van der Waals surface area contributed by atoms with Gasteiger partial charge in [-0.05, 0) is 50.2 Å². The minimum atomic E-state index is -0.162. The van der Waals surface area contributed by atoms with E-state index in [2.05, 4.69) is 0 Å². The van der Waals surface area contributed by atoms with Crippen molar-refractivity contribution >= 4 is 40.3 Å². The molecule has 1 aromatic rings. The van der Waals surface area contributed by atoms with Crippen LogP contribution in [0.25, 0.3) is 6.08 Å². The fourth-order valence-corrected chi connectivity index (χ4v) is 3.52. The monoisotopic (exact) mass is 281 g/mol. The lowest BCUT2D eigenvalue weighted by Gasteiger charge is -2.19. The molecule has 0 saturated carbocycles. The van der Waals surface area contributed by atoms with Crippen LogP contribution in [-0.2, 0) is 4.79 Å². The van der Waals surface area contributed by atoms with E-state index in [-0.39, 0.29) is 17.2 Å². The highest BCUT2D eigenvalue weighted by molar-refractivity contribution is 8.18. The van der Waals surface area contributed by atoms with Gasteiger partial charge in [-0.15, -0.1) is 11.3 Å². The molecular weight excluding hydrogens is 266 g/mol. The molecule has 5 heteroatoms. The molecule has 2 amide bonds. The zero-order valence-electron chi connectivity index (χ0n) is 10.6. The van der Waals surface area contributed by atoms with Crippen molar-refractivity contribution in [2.24, 2.45) is 0 Å². The Morgan fingerprint density at radius 2 is 2.11 bits per heavy atom. The molecule has 1 fully saturated rings. The van der Waals surface area contributed by atoms with Crippen LogP contribution in [0.5, 0.6) is 0 Å². The highest BCUT2D eigenvalue weighted by Gasteiger charge is 2.37. The van der Waals surface area contributed by atoms with Gasteiger partial charge < -0.3 is 0 Å². The third kappa shape index (κ3) is 2.52. The SMILES string of the molecule is CC[C@@H](C)N1C(=O)S/C(=C\c2ccc(C)s2)C1=O. The Morgan fingerprint density at radius 1 is 1.39 bits per heavy atom. The Bertz CT molecular complexity index is 519. The van der Waals surface area contributed by atoms with Gasteiger partial charge in [0.15, 0.2) is 0 Å². The number of nitrogens with zero attached hydrogens (tertiary/aromatic N) is 1. The molecule has 2 rings (SSSR count). The van der Waals surface area contributed by atoms with Crippen LogP contribution in [0.15, 0.2) is 17.0 Å². The Morgan fingerprint density at radius 3 is 2.67 bits per heavy atom. The first-order valence-electron chi connectivity index (χ1n) is 5.86. The van der Waals surface area contributed by atoms with Crippen LogP contribution in [0, 0.1) is 6.92 Å². The molecule has 0 N–H and O–H groups in total. The summed E-state index contributed by atoms with van der Waals surface area (Å²) in [5, 5.41) is -0.158. The molecular formula is C13H15NO2S2. The fourth-order valence-electron chi connectivity index (χ4n) is 1.70. The van der Waals surface area contributed by atoms with Crippen molar-refractivity contribution in [3.8, 4) is 0 Å². The predicted octanol–water partition coefficient (Wildman–Crippen LogP) is 3.89. The maximum atomic E-state index is 12.1. The van der Waals surface area contributed by atoms with Crippen LogP contribution in [-0.4, -0.2) is 22.1 Å². The molecule has 0 radical (unpaired) electrons. The van der Waals surface area contributed by atoms with Crippen molar-refractivity contribution in [2.45, 2.75) is 33.2 Å². The van der Waals surface area contributed by atoms with E-state index in [1.807, 2.05) is 39.0 Å².